The number of carboxylic acid groups (broad SMARTS) is 1. The molecule has 0 aromatic heterocycles. The van der Waals surface area contributed by atoms with E-state index < -0.39 is 30.1 Å². The molecule has 2 amide bonds. The van der Waals surface area contributed by atoms with Crippen molar-refractivity contribution in [1.82, 2.24) is 10.6 Å². The van der Waals surface area contributed by atoms with Crippen molar-refractivity contribution in [3.63, 3.8) is 0 Å². The number of ether oxygens (including phenoxy) is 2. The molecule has 0 heterocycles. The second kappa shape index (κ2) is 10.1. The molecule has 3 rings (SSSR count). The number of alkyl carbamates (subject to hydrolysis) is 1. The van der Waals surface area contributed by atoms with Gasteiger partial charge in [0.2, 0.25) is 5.91 Å². The van der Waals surface area contributed by atoms with Crippen LogP contribution < -0.4 is 10.6 Å². The maximum atomic E-state index is 12.2. The predicted molar refractivity (Wildman–Crippen MR) is 114 cm³/mol. The average Bonchev–Trinajstić information content (AvgIpc) is 3.09. The summed E-state index contributed by atoms with van der Waals surface area (Å²) in [6.45, 7) is 1.70. The summed E-state index contributed by atoms with van der Waals surface area (Å²) in [5.41, 5.74) is 4.55. The molecule has 0 aliphatic heterocycles. The Morgan fingerprint density at radius 1 is 1.03 bits per heavy atom. The Morgan fingerprint density at radius 2 is 1.61 bits per heavy atom. The lowest BCUT2D eigenvalue weighted by Gasteiger charge is -2.18. The number of nitrogens with one attached hydrogen (secondary N) is 2. The Balaban J connectivity index is 1.50. The van der Waals surface area contributed by atoms with Gasteiger partial charge in [0.05, 0.1) is 0 Å². The summed E-state index contributed by atoms with van der Waals surface area (Å²) in [6.07, 6.45) is -1.29. The highest BCUT2D eigenvalue weighted by molar-refractivity contribution is 5.86. The lowest BCUT2D eigenvalue weighted by Crippen LogP contribution is -2.45. The van der Waals surface area contributed by atoms with Gasteiger partial charge in [-0.2, -0.15) is 0 Å². The quantitative estimate of drug-likeness (QED) is 0.568. The van der Waals surface area contributed by atoms with Gasteiger partial charge in [-0.3, -0.25) is 9.59 Å². The van der Waals surface area contributed by atoms with Gasteiger partial charge >= 0.3 is 12.1 Å². The first-order valence-corrected chi connectivity index (χ1v) is 10.1. The second-order valence-electron chi connectivity index (χ2n) is 7.33. The Labute approximate surface area is 180 Å². The summed E-state index contributed by atoms with van der Waals surface area (Å²) >= 11 is 0. The molecule has 2 aromatic rings. The molecule has 0 fully saturated rings. The maximum Gasteiger partial charge on any atom is 0.407 e. The average molecular weight is 426 g/mol. The van der Waals surface area contributed by atoms with E-state index in [-0.39, 0.29) is 25.5 Å². The SMILES string of the molecule is COC(CCNC(=O)OCC1c2ccccc2-c2ccccc21)C(=O)N[C@@H](C)C(=O)O. The van der Waals surface area contributed by atoms with Crippen LogP contribution in [0.4, 0.5) is 4.79 Å². The van der Waals surface area contributed by atoms with Gasteiger partial charge in [0.25, 0.3) is 0 Å². The van der Waals surface area contributed by atoms with Crippen LogP contribution >= 0.6 is 0 Å². The zero-order chi connectivity index (χ0) is 22.4. The van der Waals surface area contributed by atoms with E-state index in [9.17, 15) is 14.4 Å². The van der Waals surface area contributed by atoms with E-state index in [4.69, 9.17) is 14.6 Å². The molecule has 0 saturated heterocycles. The van der Waals surface area contributed by atoms with Crippen molar-refractivity contribution < 1.29 is 29.0 Å². The number of rotatable bonds is 9. The normalized spacial score (nSPS) is 14.1. The topological polar surface area (TPSA) is 114 Å². The minimum Gasteiger partial charge on any atom is -0.480 e. The van der Waals surface area contributed by atoms with Crippen molar-refractivity contribution in [2.75, 3.05) is 20.3 Å². The number of hydrogen-bond acceptors (Lipinski definition) is 5. The molecule has 1 aliphatic rings. The van der Waals surface area contributed by atoms with Gasteiger partial charge < -0.3 is 25.2 Å². The zero-order valence-electron chi connectivity index (χ0n) is 17.5. The van der Waals surface area contributed by atoms with Crippen LogP contribution in [0.5, 0.6) is 0 Å². The van der Waals surface area contributed by atoms with E-state index in [1.54, 1.807) is 0 Å². The highest BCUT2D eigenvalue weighted by Gasteiger charge is 2.29. The lowest BCUT2D eigenvalue weighted by molar-refractivity contribution is -0.143. The Bertz CT molecular complexity index is 915. The van der Waals surface area contributed by atoms with Crippen molar-refractivity contribution in [2.24, 2.45) is 0 Å². The number of carboxylic acids is 1. The summed E-state index contributed by atoms with van der Waals surface area (Å²) in [5.74, 6) is -1.72. The van der Waals surface area contributed by atoms with Crippen molar-refractivity contribution in [3.05, 3.63) is 59.7 Å². The molecule has 1 aliphatic carbocycles. The van der Waals surface area contributed by atoms with E-state index in [2.05, 4.69) is 22.8 Å². The fourth-order valence-corrected chi connectivity index (χ4v) is 3.68. The third-order valence-corrected chi connectivity index (χ3v) is 5.33. The Morgan fingerprint density at radius 3 is 2.16 bits per heavy atom. The standard InChI is InChI=1S/C23H26N2O6/c1-14(22(27)28)25-21(26)20(30-2)11-12-24-23(29)31-13-19-17-9-5-3-7-15(17)16-8-4-6-10-18(16)19/h3-10,14,19-20H,11-13H2,1-2H3,(H,24,29)(H,25,26)(H,27,28)/t14-,20?/m0/s1. The van der Waals surface area contributed by atoms with Gasteiger partial charge in [0.15, 0.2) is 0 Å². The molecular weight excluding hydrogens is 400 g/mol. The fourth-order valence-electron chi connectivity index (χ4n) is 3.68. The molecule has 1 unspecified atom stereocenters. The molecular formula is C23H26N2O6. The fraction of sp³-hybridized carbons (Fsp3) is 0.348. The molecule has 164 valence electrons. The highest BCUT2D eigenvalue weighted by Crippen LogP contribution is 2.44. The molecule has 8 heteroatoms. The van der Waals surface area contributed by atoms with Crippen molar-refractivity contribution in [2.45, 2.75) is 31.4 Å². The second-order valence-corrected chi connectivity index (χ2v) is 7.33. The highest BCUT2D eigenvalue weighted by atomic mass is 16.5. The van der Waals surface area contributed by atoms with E-state index in [0.29, 0.717) is 0 Å². The smallest absolute Gasteiger partial charge is 0.407 e. The van der Waals surface area contributed by atoms with Gasteiger partial charge in [-0.15, -0.1) is 0 Å². The number of amides is 2. The number of carbonyl (C=O) groups excluding carboxylic acids is 2. The van der Waals surface area contributed by atoms with Crippen LogP contribution in [0, 0.1) is 0 Å². The molecule has 0 radical (unpaired) electrons. The van der Waals surface area contributed by atoms with Crippen molar-refractivity contribution in [3.8, 4) is 11.1 Å². The monoisotopic (exact) mass is 426 g/mol. The molecule has 31 heavy (non-hydrogen) atoms. The minimum absolute atomic E-state index is 0.0341. The van der Waals surface area contributed by atoms with Gasteiger partial charge in [-0.1, -0.05) is 48.5 Å². The van der Waals surface area contributed by atoms with Crippen LogP contribution in [0.3, 0.4) is 0 Å². The van der Waals surface area contributed by atoms with Crippen LogP contribution in [-0.2, 0) is 19.1 Å². The first-order valence-electron chi connectivity index (χ1n) is 10.1. The molecule has 2 atom stereocenters. The molecule has 0 saturated carbocycles. The number of benzene rings is 2. The van der Waals surface area contributed by atoms with Crippen LogP contribution in [0.1, 0.15) is 30.4 Å². The maximum absolute atomic E-state index is 12.2. The van der Waals surface area contributed by atoms with Gasteiger partial charge in [0, 0.05) is 26.0 Å². The molecule has 0 bridgehead atoms. The molecule has 3 N–H and O–H groups in total. The van der Waals surface area contributed by atoms with E-state index >= 15 is 0 Å². The summed E-state index contributed by atoms with van der Waals surface area (Å²) in [7, 11) is 1.35. The number of fused-ring (bicyclic) bond motifs is 3. The summed E-state index contributed by atoms with van der Waals surface area (Å²) in [5, 5.41) is 13.8. The van der Waals surface area contributed by atoms with Gasteiger partial charge in [-0.25, -0.2) is 4.79 Å². The Kier molecular flexibility index (Phi) is 7.25. The van der Waals surface area contributed by atoms with Gasteiger partial charge in [-0.05, 0) is 29.2 Å². The van der Waals surface area contributed by atoms with E-state index in [1.807, 2.05) is 36.4 Å². The zero-order valence-corrected chi connectivity index (χ0v) is 17.5. The summed E-state index contributed by atoms with van der Waals surface area (Å²) < 4.78 is 10.5. The third-order valence-electron chi connectivity index (χ3n) is 5.33. The van der Waals surface area contributed by atoms with Crippen molar-refractivity contribution >= 4 is 18.0 Å². The molecule has 0 spiro atoms. The first-order chi connectivity index (χ1) is 14.9. The lowest BCUT2D eigenvalue weighted by atomic mass is 9.98. The summed E-state index contributed by atoms with van der Waals surface area (Å²) in [4.78, 5) is 35.1. The number of aliphatic carboxylic acids is 1. The van der Waals surface area contributed by atoms with Crippen LogP contribution in [0.15, 0.2) is 48.5 Å². The first kappa shape index (κ1) is 22.3. The molecule has 2 aromatic carbocycles. The predicted octanol–water partition coefficient (Wildman–Crippen LogP) is 2.52. The van der Waals surface area contributed by atoms with Gasteiger partial charge in [0.1, 0.15) is 18.8 Å². The number of carbonyl (C=O) groups is 3. The molecule has 8 nitrogen and oxygen atoms in total. The number of methoxy groups -OCH3 is 1. The third kappa shape index (κ3) is 5.21. The van der Waals surface area contributed by atoms with Crippen LogP contribution in [-0.4, -0.2) is 55.5 Å². The largest absolute Gasteiger partial charge is 0.480 e. The number of hydrogen-bond donors (Lipinski definition) is 3. The van der Waals surface area contributed by atoms with Crippen LogP contribution in [0.25, 0.3) is 11.1 Å². The Hall–Kier alpha value is -3.39. The summed E-state index contributed by atoms with van der Waals surface area (Å²) in [6, 6.07) is 15.1. The minimum atomic E-state index is -1.14. The van der Waals surface area contributed by atoms with E-state index in [0.717, 1.165) is 22.3 Å². The van der Waals surface area contributed by atoms with Crippen LogP contribution in [0.2, 0.25) is 0 Å². The van der Waals surface area contributed by atoms with E-state index in [1.165, 1.54) is 14.0 Å². The van der Waals surface area contributed by atoms with Crippen molar-refractivity contribution in [1.29, 1.82) is 0 Å².